The van der Waals surface area contributed by atoms with Crippen LogP contribution in [0.2, 0.25) is 0 Å². The number of nitrogens with two attached hydrogens (primary N) is 1. The number of methoxy groups -OCH3 is 1. The average molecular weight is 593 g/mol. The van der Waals surface area contributed by atoms with E-state index in [1.165, 1.54) is 24.9 Å². The van der Waals surface area contributed by atoms with Crippen molar-refractivity contribution in [3.8, 4) is 5.88 Å². The van der Waals surface area contributed by atoms with Crippen LogP contribution in [0.5, 0.6) is 5.88 Å². The molecule has 16 nitrogen and oxygen atoms in total. The van der Waals surface area contributed by atoms with Gasteiger partial charge in [0, 0.05) is 0 Å². The van der Waals surface area contributed by atoms with Gasteiger partial charge in [0.15, 0.2) is 23.5 Å². The van der Waals surface area contributed by atoms with Crippen molar-refractivity contribution in [2.75, 3.05) is 26.1 Å². The van der Waals surface area contributed by atoms with E-state index in [2.05, 4.69) is 15.0 Å². The van der Waals surface area contributed by atoms with Gasteiger partial charge >= 0.3 is 19.9 Å². The zero-order valence-electron chi connectivity index (χ0n) is 22.0. The average Bonchev–Trinajstić information content (AvgIpc) is 3.52. The standard InChI is InChI=1S/C24H28N5O11P/c1-13(22(30)31)8-9-36-41(33)37-11-15-17(40-41)18(39-24(32)35-10-14-6-4-3-5-7-14)21(38-15)29-12-26-16-19(29)27-23(25)28-20(16)34-2/h3-7,12-13,15,17-18,21H,8-11H2,1-2H3,(H,30,31)(H2,25,27,28)/t13-,15-,17-,18+,21-,41?/m1/s1. The summed E-state index contributed by atoms with van der Waals surface area (Å²) in [6.45, 7) is 0.980. The number of aliphatic carboxylic acids is 1. The molecule has 0 amide bonds. The zero-order valence-corrected chi connectivity index (χ0v) is 22.9. The molecule has 0 bridgehead atoms. The van der Waals surface area contributed by atoms with Crippen molar-refractivity contribution < 1.29 is 51.8 Å². The lowest BCUT2D eigenvalue weighted by atomic mass is 10.1. The quantitative estimate of drug-likeness (QED) is 0.256. The highest BCUT2D eigenvalue weighted by atomic mass is 31.2. The third kappa shape index (κ3) is 6.26. The normalized spacial score (nSPS) is 26.3. The van der Waals surface area contributed by atoms with Gasteiger partial charge in [0.2, 0.25) is 11.8 Å². The lowest BCUT2D eigenvalue weighted by Gasteiger charge is -2.31. The van der Waals surface area contributed by atoms with E-state index < -0.39 is 50.4 Å². The van der Waals surface area contributed by atoms with Gasteiger partial charge in [-0.15, -0.1) is 0 Å². The maximum atomic E-state index is 13.3. The summed E-state index contributed by atoms with van der Waals surface area (Å²) >= 11 is 0. The summed E-state index contributed by atoms with van der Waals surface area (Å²) < 4.78 is 53.5. The van der Waals surface area contributed by atoms with Gasteiger partial charge < -0.3 is 29.8 Å². The SMILES string of the molecule is COc1nc(N)nc2c1ncn2[C@@H]1O[C@@H]2COP(=O)(OCC[C@@H](C)C(=O)O)O[C@H]2[C@@H]1OC(=O)OCc1ccccc1. The molecule has 6 atom stereocenters. The lowest BCUT2D eigenvalue weighted by molar-refractivity contribution is -0.141. The van der Waals surface area contributed by atoms with E-state index in [0.29, 0.717) is 0 Å². The molecular formula is C24H28N5O11P. The molecule has 3 aromatic rings. The third-order valence-electron chi connectivity index (χ3n) is 6.46. The van der Waals surface area contributed by atoms with E-state index >= 15 is 0 Å². The molecule has 2 saturated heterocycles. The number of hydrogen-bond acceptors (Lipinski definition) is 14. The number of benzene rings is 1. The number of fused-ring (bicyclic) bond motifs is 2. The van der Waals surface area contributed by atoms with E-state index in [0.717, 1.165) is 5.56 Å². The smallest absolute Gasteiger partial charge is 0.481 e. The van der Waals surface area contributed by atoms with Crippen LogP contribution in [0, 0.1) is 5.92 Å². The summed E-state index contributed by atoms with van der Waals surface area (Å²) in [5.74, 6) is -1.75. The van der Waals surface area contributed by atoms with Gasteiger partial charge in [0.05, 0.1) is 32.6 Å². The van der Waals surface area contributed by atoms with Crippen molar-refractivity contribution in [2.24, 2.45) is 5.92 Å². The molecular weight excluding hydrogens is 565 g/mol. The van der Waals surface area contributed by atoms with Gasteiger partial charge in [-0.25, -0.2) is 14.3 Å². The minimum Gasteiger partial charge on any atom is -0.481 e. The molecule has 4 heterocycles. The molecule has 3 N–H and O–H groups in total. The predicted octanol–water partition coefficient (Wildman–Crippen LogP) is 2.69. The molecule has 1 aromatic carbocycles. The number of aromatic nitrogens is 4. The summed E-state index contributed by atoms with van der Waals surface area (Å²) in [5, 5.41) is 9.09. The number of ether oxygens (including phenoxy) is 4. The van der Waals surface area contributed by atoms with Crippen LogP contribution < -0.4 is 10.5 Å². The van der Waals surface area contributed by atoms with Crippen molar-refractivity contribution >= 4 is 37.1 Å². The van der Waals surface area contributed by atoms with Crippen molar-refractivity contribution in [2.45, 2.75) is 44.5 Å². The highest BCUT2D eigenvalue weighted by Crippen LogP contribution is 2.57. The summed E-state index contributed by atoms with van der Waals surface area (Å²) in [5.41, 5.74) is 7.07. The number of hydrogen-bond donors (Lipinski definition) is 2. The Bertz CT molecular complexity index is 1450. The summed E-state index contributed by atoms with van der Waals surface area (Å²) in [4.78, 5) is 36.5. The number of imidazole rings is 1. The third-order valence-corrected chi connectivity index (χ3v) is 7.93. The van der Waals surface area contributed by atoms with Gasteiger partial charge in [-0.1, -0.05) is 37.3 Å². The topological polar surface area (TPSA) is 206 Å². The minimum atomic E-state index is -4.18. The van der Waals surface area contributed by atoms with Crippen molar-refractivity contribution in [1.82, 2.24) is 19.5 Å². The van der Waals surface area contributed by atoms with Crippen LogP contribution in [0.1, 0.15) is 25.1 Å². The van der Waals surface area contributed by atoms with Crippen LogP contribution in [0.15, 0.2) is 36.7 Å². The van der Waals surface area contributed by atoms with E-state index in [1.54, 1.807) is 24.3 Å². The number of carboxylic acids is 1. The molecule has 0 spiro atoms. The maximum Gasteiger partial charge on any atom is 0.509 e. The van der Waals surface area contributed by atoms with E-state index in [-0.39, 0.29) is 49.2 Å². The highest BCUT2D eigenvalue weighted by molar-refractivity contribution is 7.48. The Morgan fingerprint density at radius 3 is 2.78 bits per heavy atom. The number of carboxylic acid groups (broad SMARTS) is 1. The molecule has 0 radical (unpaired) electrons. The molecule has 41 heavy (non-hydrogen) atoms. The Balaban J connectivity index is 1.39. The minimum absolute atomic E-state index is 0.0612. The Morgan fingerprint density at radius 1 is 1.27 bits per heavy atom. The predicted molar refractivity (Wildman–Crippen MR) is 137 cm³/mol. The van der Waals surface area contributed by atoms with Crippen LogP contribution in [0.4, 0.5) is 10.7 Å². The summed E-state index contributed by atoms with van der Waals surface area (Å²) in [7, 11) is -2.78. The molecule has 17 heteroatoms. The number of nitrogens with zero attached hydrogens (tertiary/aromatic N) is 4. The Morgan fingerprint density at radius 2 is 2.05 bits per heavy atom. The fourth-order valence-electron chi connectivity index (χ4n) is 4.29. The number of carbonyl (C=O) groups excluding carboxylic acids is 1. The van der Waals surface area contributed by atoms with Gasteiger partial charge in [-0.3, -0.25) is 22.9 Å². The Kier molecular flexibility index (Phi) is 8.37. The first-order valence-corrected chi connectivity index (χ1v) is 14.0. The molecule has 1 unspecified atom stereocenters. The van der Waals surface area contributed by atoms with Gasteiger partial charge in [0.25, 0.3) is 0 Å². The molecule has 2 aliphatic heterocycles. The molecule has 0 aliphatic carbocycles. The fraction of sp³-hybridized carbons (Fsp3) is 0.458. The molecule has 220 valence electrons. The van der Waals surface area contributed by atoms with Crippen LogP contribution in [0.3, 0.4) is 0 Å². The number of carbonyl (C=O) groups is 2. The largest absolute Gasteiger partial charge is 0.509 e. The first kappa shape index (κ1) is 28.7. The van der Waals surface area contributed by atoms with E-state index in [1.807, 2.05) is 6.07 Å². The Labute approximate surface area is 233 Å². The van der Waals surface area contributed by atoms with Gasteiger partial charge in [-0.05, 0) is 12.0 Å². The highest BCUT2D eigenvalue weighted by Gasteiger charge is 2.56. The number of rotatable bonds is 10. The first-order valence-electron chi connectivity index (χ1n) is 12.5. The van der Waals surface area contributed by atoms with Crippen LogP contribution in [0.25, 0.3) is 11.2 Å². The van der Waals surface area contributed by atoms with Crippen molar-refractivity contribution in [3.63, 3.8) is 0 Å². The fourth-order valence-corrected chi connectivity index (χ4v) is 5.70. The second-order valence-electron chi connectivity index (χ2n) is 9.26. The molecule has 0 saturated carbocycles. The maximum absolute atomic E-state index is 13.3. The number of anilines is 1. The van der Waals surface area contributed by atoms with Crippen LogP contribution in [-0.4, -0.2) is 75.4 Å². The van der Waals surface area contributed by atoms with Crippen LogP contribution >= 0.6 is 7.82 Å². The van der Waals surface area contributed by atoms with Crippen molar-refractivity contribution in [3.05, 3.63) is 42.2 Å². The second-order valence-corrected chi connectivity index (χ2v) is 10.9. The lowest BCUT2D eigenvalue weighted by Crippen LogP contribution is -2.42. The van der Waals surface area contributed by atoms with Gasteiger partial charge in [0.1, 0.15) is 18.8 Å². The first-order chi connectivity index (χ1) is 19.7. The zero-order chi connectivity index (χ0) is 29.1. The van der Waals surface area contributed by atoms with Crippen molar-refractivity contribution in [1.29, 1.82) is 0 Å². The van der Waals surface area contributed by atoms with E-state index in [9.17, 15) is 14.2 Å². The van der Waals surface area contributed by atoms with Gasteiger partial charge in [-0.2, -0.15) is 9.97 Å². The molecule has 5 rings (SSSR count). The number of phosphoric acid groups is 1. The monoisotopic (exact) mass is 593 g/mol. The Hall–Kier alpha value is -3.82. The number of nitrogen functional groups attached to an aromatic ring is 1. The summed E-state index contributed by atoms with van der Waals surface area (Å²) in [6.07, 6.45) is -3.91. The molecule has 2 fully saturated rings. The molecule has 2 aromatic heterocycles. The summed E-state index contributed by atoms with van der Waals surface area (Å²) in [6, 6.07) is 8.98. The van der Waals surface area contributed by atoms with E-state index in [4.69, 9.17) is 43.4 Å². The van der Waals surface area contributed by atoms with Crippen LogP contribution in [-0.2, 0) is 43.7 Å². The second kappa shape index (κ2) is 12.0. The molecule has 2 aliphatic rings. The number of phosphoric ester groups is 1.